The molecule has 0 saturated heterocycles. The van der Waals surface area contributed by atoms with E-state index in [1.807, 2.05) is 0 Å². The largest absolute Gasteiger partial charge is 0.393 e. The first-order valence-corrected chi connectivity index (χ1v) is 6.21. The zero-order valence-electron chi connectivity index (χ0n) is 10.4. The number of aromatic nitrogens is 1. The van der Waals surface area contributed by atoms with Gasteiger partial charge in [-0.15, -0.1) is 0 Å². The number of aliphatic hydroxyl groups is 1. The van der Waals surface area contributed by atoms with Crippen LogP contribution in [-0.4, -0.2) is 28.2 Å². The van der Waals surface area contributed by atoms with Crippen molar-refractivity contribution >= 4 is 5.91 Å². The van der Waals surface area contributed by atoms with Gasteiger partial charge in [0.1, 0.15) is 5.56 Å². The fraction of sp³-hybridized carbons (Fsp3) is 0.538. The highest BCUT2D eigenvalue weighted by Crippen LogP contribution is 2.33. The molecule has 1 aliphatic rings. The first kappa shape index (κ1) is 12.8. The molecule has 2 N–H and O–H groups in total. The van der Waals surface area contributed by atoms with E-state index in [9.17, 15) is 14.7 Å². The van der Waals surface area contributed by atoms with Gasteiger partial charge in [0.2, 0.25) is 0 Å². The molecule has 0 bridgehead atoms. The SMILES string of the molecule is Cn1cccc(C(=O)NCCC(O)C2CC2)c1=O. The first-order valence-electron chi connectivity index (χ1n) is 6.21. The van der Waals surface area contributed by atoms with E-state index in [-0.39, 0.29) is 23.1 Å². The van der Waals surface area contributed by atoms with E-state index < -0.39 is 0 Å². The molecule has 1 aromatic rings. The Labute approximate surface area is 105 Å². The van der Waals surface area contributed by atoms with Crippen molar-refractivity contribution in [2.45, 2.75) is 25.4 Å². The maximum absolute atomic E-state index is 11.8. The lowest BCUT2D eigenvalue weighted by atomic mass is 10.1. The third kappa shape index (κ3) is 2.98. The average Bonchev–Trinajstić information content (AvgIpc) is 3.16. The van der Waals surface area contributed by atoms with Crippen molar-refractivity contribution in [2.75, 3.05) is 6.54 Å². The third-order valence-electron chi connectivity index (χ3n) is 3.26. The number of amides is 1. The highest BCUT2D eigenvalue weighted by Gasteiger charge is 2.29. The van der Waals surface area contributed by atoms with E-state index in [0.29, 0.717) is 18.9 Å². The highest BCUT2D eigenvalue weighted by atomic mass is 16.3. The number of hydrogen-bond acceptors (Lipinski definition) is 3. The average molecular weight is 250 g/mol. The normalized spacial score (nSPS) is 16.3. The Kier molecular flexibility index (Phi) is 3.81. The maximum Gasteiger partial charge on any atom is 0.263 e. The second kappa shape index (κ2) is 5.35. The van der Waals surface area contributed by atoms with E-state index >= 15 is 0 Å². The van der Waals surface area contributed by atoms with Crippen molar-refractivity contribution in [2.24, 2.45) is 13.0 Å². The molecule has 18 heavy (non-hydrogen) atoms. The van der Waals surface area contributed by atoms with Gasteiger partial charge in [-0.3, -0.25) is 9.59 Å². The standard InChI is InChI=1S/C13H18N2O3/c1-15-8-2-3-10(13(15)18)12(17)14-7-6-11(16)9-4-5-9/h2-3,8-9,11,16H,4-7H2,1H3,(H,14,17). The van der Waals surface area contributed by atoms with Gasteiger partial charge in [-0.2, -0.15) is 0 Å². The van der Waals surface area contributed by atoms with E-state index in [0.717, 1.165) is 12.8 Å². The summed E-state index contributed by atoms with van der Waals surface area (Å²) in [4.78, 5) is 23.5. The summed E-state index contributed by atoms with van der Waals surface area (Å²) in [7, 11) is 1.61. The molecule has 1 heterocycles. The van der Waals surface area contributed by atoms with Crippen LogP contribution in [0.5, 0.6) is 0 Å². The lowest BCUT2D eigenvalue weighted by Gasteiger charge is -2.10. The molecule has 0 aliphatic heterocycles. The van der Waals surface area contributed by atoms with Crippen molar-refractivity contribution in [3.63, 3.8) is 0 Å². The van der Waals surface area contributed by atoms with Crippen LogP contribution in [0.3, 0.4) is 0 Å². The van der Waals surface area contributed by atoms with Crippen LogP contribution in [0.25, 0.3) is 0 Å². The van der Waals surface area contributed by atoms with Crippen LogP contribution in [0.15, 0.2) is 23.1 Å². The topological polar surface area (TPSA) is 71.3 Å². The quantitative estimate of drug-likeness (QED) is 0.788. The second-order valence-corrected chi connectivity index (χ2v) is 4.79. The minimum atomic E-state index is -0.376. The molecular weight excluding hydrogens is 232 g/mol. The number of carbonyl (C=O) groups excluding carboxylic acids is 1. The number of rotatable bonds is 5. The van der Waals surface area contributed by atoms with Gasteiger partial charge in [-0.25, -0.2) is 0 Å². The first-order chi connectivity index (χ1) is 8.59. The van der Waals surface area contributed by atoms with E-state index in [4.69, 9.17) is 0 Å². The third-order valence-corrected chi connectivity index (χ3v) is 3.26. The second-order valence-electron chi connectivity index (χ2n) is 4.79. The monoisotopic (exact) mass is 250 g/mol. The number of aryl methyl sites for hydroxylation is 1. The van der Waals surface area contributed by atoms with Gasteiger partial charge < -0.3 is 15.0 Å². The maximum atomic E-state index is 11.8. The summed E-state index contributed by atoms with van der Waals surface area (Å²) in [5.74, 6) is 0.0330. The summed E-state index contributed by atoms with van der Waals surface area (Å²) in [6.07, 6.45) is 3.98. The van der Waals surface area contributed by atoms with Gasteiger partial charge in [0.25, 0.3) is 11.5 Å². The molecule has 0 radical (unpaired) electrons. The molecule has 1 aliphatic carbocycles. The molecule has 1 atom stereocenters. The van der Waals surface area contributed by atoms with Crippen LogP contribution in [0, 0.1) is 5.92 Å². The van der Waals surface area contributed by atoms with E-state index in [2.05, 4.69) is 5.32 Å². The van der Waals surface area contributed by atoms with Crippen LogP contribution in [-0.2, 0) is 7.05 Å². The van der Waals surface area contributed by atoms with Crippen molar-refractivity contribution in [3.8, 4) is 0 Å². The molecule has 98 valence electrons. The molecule has 0 spiro atoms. The van der Waals surface area contributed by atoms with Crippen molar-refractivity contribution in [3.05, 3.63) is 34.2 Å². The van der Waals surface area contributed by atoms with E-state index in [1.165, 1.54) is 10.6 Å². The van der Waals surface area contributed by atoms with Gasteiger partial charge in [0.05, 0.1) is 6.10 Å². The number of nitrogens with one attached hydrogen (secondary N) is 1. The molecule has 0 aromatic carbocycles. The summed E-state index contributed by atoms with van der Waals surface area (Å²) in [5, 5.41) is 12.3. The number of aliphatic hydroxyl groups excluding tert-OH is 1. The Balaban J connectivity index is 1.87. The molecular formula is C13H18N2O3. The molecule has 5 heteroatoms. The number of hydrogen-bond donors (Lipinski definition) is 2. The van der Waals surface area contributed by atoms with Crippen LogP contribution in [0.2, 0.25) is 0 Å². The van der Waals surface area contributed by atoms with Gasteiger partial charge in [-0.1, -0.05) is 0 Å². The van der Waals surface area contributed by atoms with Crippen LogP contribution < -0.4 is 10.9 Å². The Morgan fingerprint density at radius 2 is 2.33 bits per heavy atom. The smallest absolute Gasteiger partial charge is 0.263 e. The summed E-state index contributed by atoms with van der Waals surface area (Å²) in [6.45, 7) is 0.397. The molecule has 1 amide bonds. The van der Waals surface area contributed by atoms with Gasteiger partial charge in [-0.05, 0) is 37.3 Å². The molecule has 5 nitrogen and oxygen atoms in total. The lowest BCUT2D eigenvalue weighted by molar-refractivity contribution is 0.0935. The summed E-state index contributed by atoms with van der Waals surface area (Å²) in [6, 6.07) is 3.17. The van der Waals surface area contributed by atoms with E-state index in [1.54, 1.807) is 19.3 Å². The van der Waals surface area contributed by atoms with Crippen molar-refractivity contribution < 1.29 is 9.90 Å². The Bertz CT molecular complexity index is 491. The zero-order valence-corrected chi connectivity index (χ0v) is 10.4. The zero-order chi connectivity index (χ0) is 13.1. The minimum absolute atomic E-state index is 0.140. The minimum Gasteiger partial charge on any atom is -0.393 e. The van der Waals surface area contributed by atoms with Crippen molar-refractivity contribution in [1.29, 1.82) is 0 Å². The predicted octanol–water partition coefficient (Wildman–Crippen LogP) is 0.276. The van der Waals surface area contributed by atoms with Gasteiger partial charge in [0, 0.05) is 19.8 Å². The van der Waals surface area contributed by atoms with Crippen molar-refractivity contribution in [1.82, 2.24) is 9.88 Å². The predicted molar refractivity (Wildman–Crippen MR) is 67.4 cm³/mol. The Hall–Kier alpha value is -1.62. The van der Waals surface area contributed by atoms with Gasteiger partial charge >= 0.3 is 0 Å². The fourth-order valence-electron chi connectivity index (χ4n) is 1.92. The van der Waals surface area contributed by atoms with Crippen LogP contribution in [0.1, 0.15) is 29.6 Å². The number of nitrogens with zero attached hydrogens (tertiary/aromatic N) is 1. The molecule has 1 unspecified atom stereocenters. The molecule has 1 aromatic heterocycles. The van der Waals surface area contributed by atoms with Crippen LogP contribution in [0.4, 0.5) is 0 Å². The fourth-order valence-corrected chi connectivity index (χ4v) is 1.92. The molecule has 2 rings (SSSR count). The van der Waals surface area contributed by atoms with Crippen LogP contribution >= 0.6 is 0 Å². The van der Waals surface area contributed by atoms with Gasteiger partial charge in [0.15, 0.2) is 0 Å². The summed E-state index contributed by atoms with van der Waals surface area (Å²) >= 11 is 0. The molecule has 1 fully saturated rings. The summed E-state index contributed by atoms with van der Waals surface area (Å²) in [5.41, 5.74) is -0.168. The molecule has 1 saturated carbocycles. The lowest BCUT2D eigenvalue weighted by Crippen LogP contribution is -2.33. The number of carbonyl (C=O) groups is 1. The highest BCUT2D eigenvalue weighted by molar-refractivity contribution is 5.93. The number of pyridine rings is 1. The summed E-state index contributed by atoms with van der Waals surface area (Å²) < 4.78 is 1.37. The Morgan fingerprint density at radius 1 is 1.61 bits per heavy atom. The Morgan fingerprint density at radius 3 is 3.00 bits per heavy atom.